The molecule has 3 saturated carbocycles. The van der Waals surface area contributed by atoms with Crippen molar-refractivity contribution in [3.8, 4) is 0 Å². The summed E-state index contributed by atoms with van der Waals surface area (Å²) < 4.78 is 0. The van der Waals surface area contributed by atoms with Gasteiger partial charge in [-0.05, 0) is 91.3 Å². The Morgan fingerprint density at radius 3 is 2.52 bits per heavy atom. The molecule has 176 valence electrons. The summed E-state index contributed by atoms with van der Waals surface area (Å²) in [6.45, 7) is 11.9. The first-order chi connectivity index (χ1) is 14.6. The fourth-order valence-corrected chi connectivity index (χ4v) is 8.61. The van der Waals surface area contributed by atoms with Gasteiger partial charge in [-0.3, -0.25) is 4.79 Å². The Kier molecular flexibility index (Phi) is 6.51. The van der Waals surface area contributed by atoms with Gasteiger partial charge < -0.3 is 10.2 Å². The van der Waals surface area contributed by atoms with Crippen LogP contribution in [-0.2, 0) is 4.79 Å². The van der Waals surface area contributed by atoms with Gasteiger partial charge in [-0.2, -0.15) is 0 Å². The van der Waals surface area contributed by atoms with Crippen molar-refractivity contribution in [1.29, 1.82) is 0 Å². The lowest BCUT2D eigenvalue weighted by Gasteiger charge is -2.56. The van der Waals surface area contributed by atoms with Crippen molar-refractivity contribution >= 4 is 5.78 Å². The van der Waals surface area contributed by atoms with Gasteiger partial charge in [0.2, 0.25) is 0 Å². The molecule has 0 unspecified atom stereocenters. The second-order valence-electron chi connectivity index (χ2n) is 12.6. The van der Waals surface area contributed by atoms with E-state index in [0.29, 0.717) is 41.3 Å². The topological polar surface area (TPSA) is 57.5 Å². The third-order valence-corrected chi connectivity index (χ3v) is 10.7. The lowest BCUT2D eigenvalue weighted by Crippen LogP contribution is -2.53. The molecule has 3 nitrogen and oxygen atoms in total. The van der Waals surface area contributed by atoms with Crippen molar-refractivity contribution in [2.75, 3.05) is 6.61 Å². The highest BCUT2D eigenvalue weighted by molar-refractivity contribution is 5.87. The van der Waals surface area contributed by atoms with Crippen molar-refractivity contribution in [3.05, 3.63) is 11.6 Å². The lowest BCUT2D eigenvalue weighted by atomic mass is 9.47. The van der Waals surface area contributed by atoms with Gasteiger partial charge in [0.05, 0.1) is 6.10 Å². The quantitative estimate of drug-likeness (QED) is 0.525. The molecule has 0 radical (unpaired) electrons. The minimum atomic E-state index is -0.178. The van der Waals surface area contributed by atoms with Gasteiger partial charge >= 0.3 is 0 Å². The van der Waals surface area contributed by atoms with Crippen LogP contribution < -0.4 is 0 Å². The van der Waals surface area contributed by atoms with Gasteiger partial charge in [-0.1, -0.05) is 52.7 Å². The zero-order valence-electron chi connectivity index (χ0n) is 20.6. The van der Waals surface area contributed by atoms with Crippen LogP contribution in [-0.4, -0.2) is 28.7 Å². The average Bonchev–Trinajstić information content (AvgIpc) is 3.04. The molecule has 0 aromatic heterocycles. The van der Waals surface area contributed by atoms with Crippen LogP contribution in [0.3, 0.4) is 0 Å². The van der Waals surface area contributed by atoms with Crippen LogP contribution in [0.1, 0.15) is 92.4 Å². The third-order valence-electron chi connectivity index (χ3n) is 10.7. The number of aliphatic hydroxyl groups excluding tert-OH is 2. The number of fused-ring (bicyclic) bond motifs is 5. The number of hydrogen-bond acceptors (Lipinski definition) is 3. The lowest BCUT2D eigenvalue weighted by molar-refractivity contribution is -0.138. The zero-order chi connectivity index (χ0) is 22.6. The predicted octanol–water partition coefficient (Wildman–Crippen LogP) is 5.79. The van der Waals surface area contributed by atoms with Gasteiger partial charge in [0.15, 0.2) is 0 Å². The molecule has 3 heteroatoms. The largest absolute Gasteiger partial charge is 0.396 e. The van der Waals surface area contributed by atoms with E-state index < -0.39 is 0 Å². The number of carbonyl (C=O) groups excluding carboxylic acids is 1. The highest BCUT2D eigenvalue weighted by atomic mass is 16.3. The molecule has 4 rings (SSSR count). The summed E-state index contributed by atoms with van der Waals surface area (Å²) in [7, 11) is 0. The summed E-state index contributed by atoms with van der Waals surface area (Å²) in [5, 5.41) is 20.0. The average molecular weight is 431 g/mol. The minimum absolute atomic E-state index is 0.0526. The summed E-state index contributed by atoms with van der Waals surface area (Å²) in [6, 6.07) is 0. The molecule has 0 spiro atoms. The second-order valence-corrected chi connectivity index (χ2v) is 12.6. The van der Waals surface area contributed by atoms with E-state index in [0.717, 1.165) is 44.9 Å². The molecule has 0 aromatic rings. The molecule has 4 aliphatic rings. The zero-order valence-corrected chi connectivity index (χ0v) is 20.6. The molecule has 0 saturated heterocycles. The van der Waals surface area contributed by atoms with Crippen molar-refractivity contribution in [2.24, 2.45) is 52.3 Å². The molecular formula is C28H46O3. The first-order valence-corrected chi connectivity index (χ1v) is 13.1. The molecule has 31 heavy (non-hydrogen) atoms. The van der Waals surface area contributed by atoms with E-state index in [-0.39, 0.29) is 29.5 Å². The number of ketones is 1. The third kappa shape index (κ3) is 3.86. The van der Waals surface area contributed by atoms with Crippen LogP contribution in [0.2, 0.25) is 0 Å². The van der Waals surface area contributed by atoms with E-state index in [4.69, 9.17) is 0 Å². The Labute approximate surface area is 190 Å². The maximum absolute atomic E-state index is 13.8. The molecule has 0 aromatic carbocycles. The van der Waals surface area contributed by atoms with E-state index in [9.17, 15) is 15.0 Å². The van der Waals surface area contributed by atoms with Crippen LogP contribution in [0, 0.1) is 52.3 Å². The Hall–Kier alpha value is -0.670. The Bertz CT molecular complexity index is 711. The van der Waals surface area contributed by atoms with Crippen LogP contribution in [0.25, 0.3) is 0 Å². The molecular weight excluding hydrogens is 384 g/mol. The highest BCUT2D eigenvalue weighted by Gasteiger charge is 2.61. The van der Waals surface area contributed by atoms with E-state index in [1.807, 2.05) is 0 Å². The summed E-state index contributed by atoms with van der Waals surface area (Å²) >= 11 is 0. The van der Waals surface area contributed by atoms with Gasteiger partial charge in [-0.25, -0.2) is 0 Å². The van der Waals surface area contributed by atoms with Crippen molar-refractivity contribution in [3.63, 3.8) is 0 Å². The summed E-state index contributed by atoms with van der Waals surface area (Å²) in [5.74, 6) is 3.74. The van der Waals surface area contributed by atoms with Gasteiger partial charge in [0, 0.05) is 18.9 Å². The molecule has 4 aliphatic carbocycles. The van der Waals surface area contributed by atoms with Crippen LogP contribution >= 0.6 is 0 Å². The predicted molar refractivity (Wildman–Crippen MR) is 125 cm³/mol. The maximum Gasteiger partial charge on any atom is 0.141 e. The summed E-state index contributed by atoms with van der Waals surface area (Å²) in [6.07, 6.45) is 11.5. The highest BCUT2D eigenvalue weighted by Crippen LogP contribution is 2.66. The Balaban J connectivity index is 1.54. The number of hydrogen-bond donors (Lipinski definition) is 2. The molecule has 3 fully saturated rings. The standard InChI is InChI=1S/C28H46O3/c1-17(2)19(16-29)7-6-18(3)23-10-11-24-22-9-8-20-14-21(30)12-13-27(20,4)26(22)25(31)15-28(23,24)5/h9,17-21,23-24,26,29-30H,6-8,10-16H2,1-5H3/t18-,19-,20+,21+,23-,24+,26-,27+,28-/m1/s1. The van der Waals surface area contributed by atoms with E-state index in [2.05, 4.69) is 40.7 Å². The molecule has 0 amide bonds. The summed E-state index contributed by atoms with van der Waals surface area (Å²) in [5.41, 5.74) is 1.64. The molecule has 0 bridgehead atoms. The van der Waals surface area contributed by atoms with E-state index >= 15 is 0 Å². The molecule has 2 N–H and O–H groups in total. The number of rotatable bonds is 6. The normalized spacial score (nSPS) is 44.3. The SMILES string of the molecule is CC(C)[C@@H](CO)CC[C@@H](C)[C@H]1CC[C@H]2C3=CC[C@H]4C[C@@H](O)CC[C@]4(C)[C@H]3C(=O)C[C@]12C. The van der Waals surface area contributed by atoms with Gasteiger partial charge in [0.25, 0.3) is 0 Å². The van der Waals surface area contributed by atoms with Crippen LogP contribution in [0.5, 0.6) is 0 Å². The van der Waals surface area contributed by atoms with E-state index in [1.165, 1.54) is 18.4 Å². The monoisotopic (exact) mass is 430 g/mol. The van der Waals surface area contributed by atoms with Crippen LogP contribution in [0.15, 0.2) is 11.6 Å². The van der Waals surface area contributed by atoms with Crippen molar-refractivity contribution < 1.29 is 15.0 Å². The first-order valence-electron chi connectivity index (χ1n) is 13.1. The van der Waals surface area contributed by atoms with Gasteiger partial charge in [-0.15, -0.1) is 0 Å². The number of aliphatic hydroxyl groups is 2. The Morgan fingerprint density at radius 1 is 1.10 bits per heavy atom. The number of allylic oxidation sites excluding steroid dienone is 2. The number of carbonyl (C=O) groups is 1. The van der Waals surface area contributed by atoms with Crippen molar-refractivity contribution in [1.82, 2.24) is 0 Å². The first kappa shape index (κ1) is 23.5. The smallest absolute Gasteiger partial charge is 0.141 e. The fourth-order valence-electron chi connectivity index (χ4n) is 8.61. The Morgan fingerprint density at radius 2 is 1.84 bits per heavy atom. The maximum atomic E-state index is 13.8. The molecule has 9 atom stereocenters. The minimum Gasteiger partial charge on any atom is -0.396 e. The van der Waals surface area contributed by atoms with Crippen LogP contribution in [0.4, 0.5) is 0 Å². The second kappa shape index (κ2) is 8.60. The van der Waals surface area contributed by atoms with Gasteiger partial charge in [0.1, 0.15) is 5.78 Å². The number of Topliss-reactive ketones (excluding diaryl/α,β-unsaturated/α-hetero) is 1. The van der Waals surface area contributed by atoms with E-state index in [1.54, 1.807) is 0 Å². The van der Waals surface area contributed by atoms with Crippen molar-refractivity contribution in [2.45, 2.75) is 98.5 Å². The molecule has 0 aliphatic heterocycles. The molecule has 0 heterocycles. The fraction of sp³-hybridized carbons (Fsp3) is 0.893. The summed E-state index contributed by atoms with van der Waals surface area (Å²) in [4.78, 5) is 13.8.